The number of hydrogen-bond acceptors (Lipinski definition) is 4. The molecule has 0 radical (unpaired) electrons. The summed E-state index contributed by atoms with van der Waals surface area (Å²) in [5.41, 5.74) is -1.08. The first-order chi connectivity index (χ1) is 9.90. The van der Waals surface area contributed by atoms with Crippen LogP contribution in [0.5, 0.6) is 0 Å². The summed E-state index contributed by atoms with van der Waals surface area (Å²) >= 11 is 0. The highest BCUT2D eigenvalue weighted by atomic mass is 19.2. The van der Waals surface area contributed by atoms with Crippen molar-refractivity contribution in [2.45, 2.75) is 13.8 Å². The molecule has 0 aliphatic heterocycles. The molecular formula is C14H13F3O4. The monoisotopic (exact) mass is 302 g/mol. The molecule has 0 spiro atoms. The maximum absolute atomic E-state index is 13.5. The third-order valence-electron chi connectivity index (χ3n) is 2.33. The van der Waals surface area contributed by atoms with Crippen molar-refractivity contribution in [3.63, 3.8) is 0 Å². The highest BCUT2D eigenvalue weighted by molar-refractivity contribution is 6.17. The Morgan fingerprint density at radius 2 is 1.43 bits per heavy atom. The van der Waals surface area contributed by atoms with Gasteiger partial charge in [0.05, 0.1) is 13.2 Å². The summed E-state index contributed by atoms with van der Waals surface area (Å²) in [4.78, 5) is 23.3. The summed E-state index contributed by atoms with van der Waals surface area (Å²) in [6, 6.07) is 0.845. The molecule has 114 valence electrons. The van der Waals surface area contributed by atoms with Gasteiger partial charge in [-0.1, -0.05) is 0 Å². The number of benzene rings is 1. The Balaban J connectivity index is 3.27. The summed E-state index contributed by atoms with van der Waals surface area (Å²) in [6.45, 7) is 2.99. The van der Waals surface area contributed by atoms with Gasteiger partial charge in [-0.15, -0.1) is 0 Å². The highest BCUT2D eigenvalue weighted by Crippen LogP contribution is 2.18. The number of hydrogen-bond donors (Lipinski definition) is 0. The van der Waals surface area contributed by atoms with E-state index in [9.17, 15) is 22.8 Å². The first-order valence-corrected chi connectivity index (χ1v) is 6.11. The van der Waals surface area contributed by atoms with Crippen molar-refractivity contribution in [3.05, 3.63) is 40.7 Å². The second-order valence-corrected chi connectivity index (χ2v) is 3.79. The van der Waals surface area contributed by atoms with Gasteiger partial charge in [0, 0.05) is 11.6 Å². The molecule has 4 nitrogen and oxygen atoms in total. The van der Waals surface area contributed by atoms with Gasteiger partial charge in [-0.3, -0.25) is 0 Å². The van der Waals surface area contributed by atoms with Crippen LogP contribution in [-0.4, -0.2) is 25.2 Å². The highest BCUT2D eigenvalue weighted by Gasteiger charge is 2.22. The zero-order valence-electron chi connectivity index (χ0n) is 11.4. The van der Waals surface area contributed by atoms with Crippen LogP contribution in [0.2, 0.25) is 0 Å². The maximum Gasteiger partial charge on any atom is 0.345 e. The minimum atomic E-state index is -1.38. The Bertz CT molecular complexity index is 562. The van der Waals surface area contributed by atoms with Crippen LogP contribution in [0.4, 0.5) is 13.2 Å². The Morgan fingerprint density at radius 1 is 0.952 bits per heavy atom. The number of rotatable bonds is 5. The van der Waals surface area contributed by atoms with Gasteiger partial charge in [-0.05, 0) is 26.0 Å². The molecule has 0 bridgehead atoms. The Hall–Kier alpha value is -2.31. The third kappa shape index (κ3) is 4.34. The largest absolute Gasteiger partial charge is 0.462 e. The lowest BCUT2D eigenvalue weighted by molar-refractivity contribution is -0.146. The topological polar surface area (TPSA) is 52.6 Å². The van der Waals surface area contributed by atoms with Gasteiger partial charge < -0.3 is 9.47 Å². The molecule has 0 saturated heterocycles. The summed E-state index contributed by atoms with van der Waals surface area (Å²) in [6.07, 6.45) is 0.758. The molecule has 1 rings (SSSR count). The fourth-order valence-electron chi connectivity index (χ4n) is 1.42. The Kier molecular flexibility index (Phi) is 5.95. The zero-order valence-corrected chi connectivity index (χ0v) is 11.4. The zero-order chi connectivity index (χ0) is 16.0. The summed E-state index contributed by atoms with van der Waals surface area (Å²) in [7, 11) is 0. The van der Waals surface area contributed by atoms with Gasteiger partial charge in [-0.25, -0.2) is 22.8 Å². The summed E-state index contributed by atoms with van der Waals surface area (Å²) in [5.74, 6) is -5.90. The average molecular weight is 302 g/mol. The van der Waals surface area contributed by atoms with Crippen molar-refractivity contribution in [3.8, 4) is 0 Å². The van der Waals surface area contributed by atoms with E-state index in [0.717, 1.165) is 6.08 Å². The van der Waals surface area contributed by atoms with Gasteiger partial charge >= 0.3 is 11.9 Å². The normalized spacial score (nSPS) is 9.95. The van der Waals surface area contributed by atoms with Gasteiger partial charge in [-0.2, -0.15) is 0 Å². The average Bonchev–Trinajstić information content (AvgIpc) is 2.41. The van der Waals surface area contributed by atoms with Gasteiger partial charge in [0.1, 0.15) is 11.4 Å². The summed E-state index contributed by atoms with van der Waals surface area (Å²) < 4.78 is 48.8. The van der Waals surface area contributed by atoms with E-state index in [2.05, 4.69) is 9.47 Å². The van der Waals surface area contributed by atoms with Gasteiger partial charge in [0.25, 0.3) is 0 Å². The number of carbonyl (C=O) groups is 2. The minimum Gasteiger partial charge on any atom is -0.462 e. The smallest absolute Gasteiger partial charge is 0.345 e. The third-order valence-corrected chi connectivity index (χ3v) is 2.33. The predicted molar refractivity (Wildman–Crippen MR) is 67.6 cm³/mol. The van der Waals surface area contributed by atoms with E-state index in [1.807, 2.05) is 0 Å². The lowest BCUT2D eigenvalue weighted by atomic mass is 10.1. The van der Waals surface area contributed by atoms with Crippen molar-refractivity contribution in [1.29, 1.82) is 0 Å². The SMILES string of the molecule is CCOC(=O)C(=Cc1cc(F)c(F)cc1F)C(=O)OCC. The fourth-order valence-corrected chi connectivity index (χ4v) is 1.42. The standard InChI is InChI=1S/C14H13F3O4/c1-3-20-13(18)9(14(19)21-4-2)5-8-6-11(16)12(17)7-10(8)15/h5-7H,3-4H2,1-2H3. The Labute approximate surface area is 119 Å². The molecule has 0 aliphatic carbocycles. The van der Waals surface area contributed by atoms with E-state index in [1.54, 1.807) is 0 Å². The van der Waals surface area contributed by atoms with E-state index in [0.29, 0.717) is 12.1 Å². The molecule has 1 aromatic rings. The number of esters is 2. The molecule has 0 saturated carbocycles. The molecular weight excluding hydrogens is 289 g/mol. The van der Waals surface area contributed by atoms with Crippen LogP contribution in [0.1, 0.15) is 19.4 Å². The van der Waals surface area contributed by atoms with Crippen LogP contribution in [0, 0.1) is 17.5 Å². The number of carbonyl (C=O) groups excluding carboxylic acids is 2. The van der Waals surface area contributed by atoms with Crippen LogP contribution >= 0.6 is 0 Å². The van der Waals surface area contributed by atoms with E-state index >= 15 is 0 Å². The molecule has 0 aliphatic rings. The number of ether oxygens (including phenoxy) is 2. The molecule has 0 heterocycles. The molecule has 0 aromatic heterocycles. The molecule has 0 atom stereocenters. The first kappa shape index (κ1) is 16.7. The van der Waals surface area contributed by atoms with E-state index in [1.165, 1.54) is 13.8 Å². The van der Waals surface area contributed by atoms with E-state index < -0.39 is 40.5 Å². The van der Waals surface area contributed by atoms with Crippen LogP contribution in [0.15, 0.2) is 17.7 Å². The first-order valence-electron chi connectivity index (χ1n) is 6.11. The quantitative estimate of drug-likeness (QED) is 0.276. The van der Waals surface area contributed by atoms with Crippen molar-refractivity contribution < 1.29 is 32.2 Å². The predicted octanol–water partition coefficient (Wildman–Crippen LogP) is 2.61. The van der Waals surface area contributed by atoms with Crippen LogP contribution < -0.4 is 0 Å². The molecule has 0 amide bonds. The van der Waals surface area contributed by atoms with Crippen molar-refractivity contribution in [2.75, 3.05) is 13.2 Å². The molecule has 0 fully saturated rings. The molecule has 7 heteroatoms. The van der Waals surface area contributed by atoms with Gasteiger partial charge in [0.15, 0.2) is 11.6 Å². The number of halogens is 3. The van der Waals surface area contributed by atoms with Crippen LogP contribution in [0.3, 0.4) is 0 Å². The van der Waals surface area contributed by atoms with Gasteiger partial charge in [0.2, 0.25) is 0 Å². The Morgan fingerprint density at radius 3 is 1.90 bits per heavy atom. The minimum absolute atomic E-state index is 0.0180. The van der Waals surface area contributed by atoms with Crippen LogP contribution in [0.25, 0.3) is 6.08 Å². The van der Waals surface area contributed by atoms with Crippen molar-refractivity contribution in [2.24, 2.45) is 0 Å². The lowest BCUT2D eigenvalue weighted by Gasteiger charge is -2.07. The molecule has 1 aromatic carbocycles. The van der Waals surface area contributed by atoms with Crippen molar-refractivity contribution in [1.82, 2.24) is 0 Å². The van der Waals surface area contributed by atoms with Crippen molar-refractivity contribution >= 4 is 18.0 Å². The molecule has 0 N–H and O–H groups in total. The van der Waals surface area contributed by atoms with Crippen LogP contribution in [-0.2, 0) is 19.1 Å². The second kappa shape index (κ2) is 7.47. The van der Waals surface area contributed by atoms with E-state index in [-0.39, 0.29) is 13.2 Å². The lowest BCUT2D eigenvalue weighted by Crippen LogP contribution is -2.18. The van der Waals surface area contributed by atoms with E-state index in [4.69, 9.17) is 0 Å². The fraction of sp³-hybridized carbons (Fsp3) is 0.286. The maximum atomic E-state index is 13.5. The second-order valence-electron chi connectivity index (χ2n) is 3.79. The summed E-state index contributed by atoms with van der Waals surface area (Å²) in [5, 5.41) is 0. The molecule has 0 unspecified atom stereocenters. The molecule has 21 heavy (non-hydrogen) atoms.